The van der Waals surface area contributed by atoms with Gasteiger partial charge in [-0.3, -0.25) is 0 Å². The zero-order chi connectivity index (χ0) is 14.1. The molecule has 2 nitrogen and oxygen atoms in total. The molecular weight excluding hydrogens is 429 g/mol. The number of ether oxygens (including phenoxy) is 1. The van der Waals surface area contributed by atoms with Crippen LogP contribution in [-0.2, 0) is 6.42 Å². The number of para-hydroxylation sites is 1. The molecule has 0 radical (unpaired) electrons. The molecule has 104 valence electrons. The summed E-state index contributed by atoms with van der Waals surface area (Å²) in [4.78, 5) is 0. The molecule has 0 fully saturated rings. The molecule has 1 heterocycles. The summed E-state index contributed by atoms with van der Waals surface area (Å²) < 4.78 is 8.10. The summed E-state index contributed by atoms with van der Waals surface area (Å²) in [5.74, 6) is 0.988. The van der Waals surface area contributed by atoms with Gasteiger partial charge >= 0.3 is 0 Å². The molecule has 0 aliphatic carbocycles. The SMILES string of the molecule is NC(c1cc(Br)ccc1I)c1cccc2c1OCCC2. The van der Waals surface area contributed by atoms with Crippen molar-refractivity contribution in [3.63, 3.8) is 0 Å². The first-order valence-electron chi connectivity index (χ1n) is 6.62. The lowest BCUT2D eigenvalue weighted by Gasteiger charge is -2.24. The average Bonchev–Trinajstić information content (AvgIpc) is 2.48. The van der Waals surface area contributed by atoms with Gasteiger partial charge < -0.3 is 10.5 Å². The second kappa shape index (κ2) is 6.03. The first kappa shape index (κ1) is 14.4. The number of aryl methyl sites for hydroxylation is 1. The van der Waals surface area contributed by atoms with E-state index >= 15 is 0 Å². The van der Waals surface area contributed by atoms with Gasteiger partial charge in [0.05, 0.1) is 12.6 Å². The van der Waals surface area contributed by atoms with Crippen molar-refractivity contribution in [2.24, 2.45) is 5.73 Å². The van der Waals surface area contributed by atoms with Crippen LogP contribution >= 0.6 is 38.5 Å². The summed E-state index contributed by atoms with van der Waals surface area (Å²) in [5.41, 5.74) is 9.99. The molecule has 0 spiro atoms. The van der Waals surface area contributed by atoms with Crippen LogP contribution in [0.25, 0.3) is 0 Å². The highest BCUT2D eigenvalue weighted by atomic mass is 127. The summed E-state index contributed by atoms with van der Waals surface area (Å²) in [6.45, 7) is 0.784. The lowest BCUT2D eigenvalue weighted by atomic mass is 9.94. The standard InChI is InChI=1S/C16H15BrINO/c17-11-6-7-14(18)13(9-11)15(19)12-5-1-3-10-4-2-8-20-16(10)12/h1,3,5-7,9,15H,2,4,8,19H2. The van der Waals surface area contributed by atoms with Crippen LogP contribution in [0.5, 0.6) is 5.75 Å². The van der Waals surface area contributed by atoms with Gasteiger partial charge in [-0.25, -0.2) is 0 Å². The fourth-order valence-electron chi connectivity index (χ4n) is 2.58. The van der Waals surface area contributed by atoms with Crippen LogP contribution in [0.1, 0.15) is 29.2 Å². The van der Waals surface area contributed by atoms with Crippen molar-refractivity contribution in [3.8, 4) is 5.75 Å². The van der Waals surface area contributed by atoms with Crippen LogP contribution in [0, 0.1) is 3.57 Å². The van der Waals surface area contributed by atoms with Gasteiger partial charge in [0, 0.05) is 13.6 Å². The maximum atomic E-state index is 6.50. The Balaban J connectivity index is 2.06. The van der Waals surface area contributed by atoms with Crippen LogP contribution in [0.15, 0.2) is 40.9 Å². The molecule has 1 aliphatic rings. The van der Waals surface area contributed by atoms with Crippen LogP contribution < -0.4 is 10.5 Å². The number of hydrogen-bond acceptors (Lipinski definition) is 2. The molecule has 0 amide bonds. The molecule has 2 N–H and O–H groups in total. The summed E-state index contributed by atoms with van der Waals surface area (Å²) >= 11 is 5.86. The van der Waals surface area contributed by atoms with Crippen molar-refractivity contribution in [1.82, 2.24) is 0 Å². The first-order chi connectivity index (χ1) is 9.66. The fourth-order valence-corrected chi connectivity index (χ4v) is 3.63. The Labute approximate surface area is 141 Å². The highest BCUT2D eigenvalue weighted by Crippen LogP contribution is 2.36. The van der Waals surface area contributed by atoms with Crippen molar-refractivity contribution < 1.29 is 4.74 Å². The minimum atomic E-state index is -0.160. The van der Waals surface area contributed by atoms with Gasteiger partial charge in [-0.15, -0.1) is 0 Å². The molecular formula is C16H15BrINO. The van der Waals surface area contributed by atoms with Crippen molar-refractivity contribution in [2.45, 2.75) is 18.9 Å². The predicted molar refractivity (Wildman–Crippen MR) is 93.1 cm³/mol. The summed E-state index contributed by atoms with van der Waals surface area (Å²) in [7, 11) is 0. The monoisotopic (exact) mass is 443 g/mol. The molecule has 3 rings (SSSR count). The topological polar surface area (TPSA) is 35.2 Å². The Hall–Kier alpha value is -0.590. The second-order valence-electron chi connectivity index (χ2n) is 4.93. The molecule has 20 heavy (non-hydrogen) atoms. The number of fused-ring (bicyclic) bond motifs is 1. The third-order valence-corrected chi connectivity index (χ3v) is 5.07. The van der Waals surface area contributed by atoms with E-state index in [1.165, 1.54) is 9.13 Å². The third kappa shape index (κ3) is 2.73. The van der Waals surface area contributed by atoms with Crippen molar-refractivity contribution in [1.29, 1.82) is 0 Å². The van der Waals surface area contributed by atoms with Gasteiger partial charge in [-0.1, -0.05) is 34.1 Å². The van der Waals surface area contributed by atoms with E-state index in [2.05, 4.69) is 68.9 Å². The minimum Gasteiger partial charge on any atom is -0.493 e. The van der Waals surface area contributed by atoms with Crippen molar-refractivity contribution >= 4 is 38.5 Å². The molecule has 1 atom stereocenters. The van der Waals surface area contributed by atoms with Gasteiger partial charge in [0.1, 0.15) is 5.75 Å². The van der Waals surface area contributed by atoms with Gasteiger partial charge in [-0.05, 0) is 64.8 Å². The molecule has 0 saturated carbocycles. The lowest BCUT2D eigenvalue weighted by Crippen LogP contribution is -2.18. The van der Waals surface area contributed by atoms with Gasteiger partial charge in [0.15, 0.2) is 0 Å². The highest BCUT2D eigenvalue weighted by molar-refractivity contribution is 14.1. The molecule has 0 bridgehead atoms. The zero-order valence-corrected chi connectivity index (χ0v) is 14.6. The largest absolute Gasteiger partial charge is 0.493 e. The van der Waals surface area contributed by atoms with Crippen LogP contribution in [0.3, 0.4) is 0 Å². The van der Waals surface area contributed by atoms with E-state index < -0.39 is 0 Å². The van der Waals surface area contributed by atoms with Gasteiger partial charge in [0.2, 0.25) is 0 Å². The van der Waals surface area contributed by atoms with Crippen LogP contribution in [-0.4, -0.2) is 6.61 Å². The number of halogens is 2. The number of hydrogen-bond donors (Lipinski definition) is 1. The third-order valence-electron chi connectivity index (χ3n) is 3.59. The maximum absolute atomic E-state index is 6.50. The van der Waals surface area contributed by atoms with Crippen molar-refractivity contribution in [3.05, 3.63) is 61.1 Å². The molecule has 4 heteroatoms. The number of benzene rings is 2. The van der Waals surface area contributed by atoms with E-state index in [0.29, 0.717) is 0 Å². The zero-order valence-electron chi connectivity index (χ0n) is 10.9. The van der Waals surface area contributed by atoms with E-state index in [9.17, 15) is 0 Å². The predicted octanol–water partition coefficient (Wildman–Crippen LogP) is 4.43. The fraction of sp³-hybridized carbons (Fsp3) is 0.250. The van der Waals surface area contributed by atoms with Crippen LogP contribution in [0.4, 0.5) is 0 Å². The van der Waals surface area contributed by atoms with Gasteiger partial charge in [-0.2, -0.15) is 0 Å². The van der Waals surface area contributed by atoms with E-state index in [4.69, 9.17) is 10.5 Å². The summed E-state index contributed by atoms with van der Waals surface area (Å²) in [5, 5.41) is 0. The average molecular weight is 444 g/mol. The van der Waals surface area contributed by atoms with Crippen LogP contribution in [0.2, 0.25) is 0 Å². The lowest BCUT2D eigenvalue weighted by molar-refractivity contribution is 0.284. The molecule has 0 aromatic heterocycles. The molecule has 1 unspecified atom stereocenters. The molecule has 0 saturated heterocycles. The van der Waals surface area contributed by atoms with Gasteiger partial charge in [0.25, 0.3) is 0 Å². The first-order valence-corrected chi connectivity index (χ1v) is 8.49. The smallest absolute Gasteiger partial charge is 0.127 e. The Morgan fingerprint density at radius 3 is 2.90 bits per heavy atom. The van der Waals surface area contributed by atoms with E-state index in [-0.39, 0.29) is 6.04 Å². The molecule has 2 aromatic carbocycles. The molecule has 2 aromatic rings. The quantitative estimate of drug-likeness (QED) is 0.697. The second-order valence-corrected chi connectivity index (χ2v) is 7.01. The normalized spacial score (nSPS) is 15.3. The van der Waals surface area contributed by atoms with E-state index in [1.807, 2.05) is 6.07 Å². The summed E-state index contributed by atoms with van der Waals surface area (Å²) in [6.07, 6.45) is 2.16. The summed E-state index contributed by atoms with van der Waals surface area (Å²) in [6, 6.07) is 12.3. The number of rotatable bonds is 2. The Morgan fingerprint density at radius 1 is 1.20 bits per heavy atom. The van der Waals surface area contributed by atoms with Crippen molar-refractivity contribution in [2.75, 3.05) is 6.61 Å². The maximum Gasteiger partial charge on any atom is 0.127 e. The van der Waals surface area contributed by atoms with E-state index in [0.717, 1.165) is 40.8 Å². The Bertz CT molecular complexity index is 644. The highest BCUT2D eigenvalue weighted by Gasteiger charge is 2.21. The minimum absolute atomic E-state index is 0.160. The van der Waals surface area contributed by atoms with E-state index in [1.54, 1.807) is 0 Å². The Morgan fingerprint density at radius 2 is 2.05 bits per heavy atom. The number of nitrogens with two attached hydrogens (primary N) is 1. The Kier molecular flexibility index (Phi) is 4.33. The molecule has 1 aliphatic heterocycles.